The van der Waals surface area contributed by atoms with Gasteiger partial charge in [0.2, 0.25) is 0 Å². The molecule has 0 saturated heterocycles. The van der Waals surface area contributed by atoms with Gasteiger partial charge >= 0.3 is 5.97 Å². The molecule has 0 saturated carbocycles. The molecule has 0 aromatic carbocycles. The van der Waals surface area contributed by atoms with Crippen molar-refractivity contribution in [2.45, 2.75) is 20.8 Å². The second-order valence-electron chi connectivity index (χ2n) is 3.18. The van der Waals surface area contributed by atoms with Crippen LogP contribution in [0.3, 0.4) is 0 Å². The molecule has 88 valence electrons. The molecule has 0 aliphatic rings. The van der Waals surface area contributed by atoms with Crippen molar-refractivity contribution in [1.29, 1.82) is 0 Å². The molecule has 0 bridgehead atoms. The number of aromatic nitrogens is 1. The van der Waals surface area contributed by atoms with Crippen molar-refractivity contribution in [1.82, 2.24) is 4.98 Å². The summed E-state index contributed by atoms with van der Waals surface area (Å²) in [4.78, 5) is 15.6. The number of carbonyl (C=O) groups excluding carboxylic acids is 1. The van der Waals surface area contributed by atoms with E-state index >= 15 is 0 Å². The molecular formula is C11H16N2O3. The van der Waals surface area contributed by atoms with Crippen LogP contribution in [-0.2, 0) is 4.74 Å². The third kappa shape index (κ3) is 2.62. The smallest absolute Gasteiger partial charge is 0.359 e. The summed E-state index contributed by atoms with van der Waals surface area (Å²) in [5, 5.41) is 0. The highest BCUT2D eigenvalue weighted by Gasteiger charge is 2.17. The summed E-state index contributed by atoms with van der Waals surface area (Å²) >= 11 is 0. The highest BCUT2D eigenvalue weighted by Crippen LogP contribution is 2.25. The van der Waals surface area contributed by atoms with E-state index in [1.54, 1.807) is 19.9 Å². The number of ether oxygens (including phenoxy) is 2. The number of pyridine rings is 1. The van der Waals surface area contributed by atoms with Crippen molar-refractivity contribution in [3.8, 4) is 5.75 Å². The Labute approximate surface area is 94.6 Å². The number of esters is 1. The summed E-state index contributed by atoms with van der Waals surface area (Å²) in [5.74, 6) is -0.0530. The Bertz CT molecular complexity index is 391. The van der Waals surface area contributed by atoms with E-state index < -0.39 is 5.97 Å². The monoisotopic (exact) mass is 224 g/mol. The number of nitrogens with zero attached hydrogens (tertiary/aromatic N) is 1. The summed E-state index contributed by atoms with van der Waals surface area (Å²) in [6.45, 7) is 6.12. The molecule has 0 unspecified atom stereocenters. The van der Waals surface area contributed by atoms with Gasteiger partial charge in [-0.2, -0.15) is 0 Å². The fourth-order valence-corrected chi connectivity index (χ4v) is 1.28. The van der Waals surface area contributed by atoms with Gasteiger partial charge in [0.1, 0.15) is 11.4 Å². The molecule has 0 amide bonds. The second kappa shape index (κ2) is 5.34. The quantitative estimate of drug-likeness (QED) is 0.785. The maximum absolute atomic E-state index is 11.6. The van der Waals surface area contributed by atoms with Gasteiger partial charge in [0.25, 0.3) is 0 Å². The lowest BCUT2D eigenvalue weighted by Crippen LogP contribution is -2.12. The van der Waals surface area contributed by atoms with E-state index in [2.05, 4.69) is 4.98 Å². The minimum atomic E-state index is -0.523. The van der Waals surface area contributed by atoms with Gasteiger partial charge in [-0.3, -0.25) is 0 Å². The van der Waals surface area contributed by atoms with Crippen LogP contribution in [0.2, 0.25) is 0 Å². The first kappa shape index (κ1) is 12.3. The Morgan fingerprint density at radius 2 is 2.12 bits per heavy atom. The van der Waals surface area contributed by atoms with Crippen LogP contribution in [0.1, 0.15) is 30.0 Å². The van der Waals surface area contributed by atoms with E-state index in [1.165, 1.54) is 0 Å². The predicted octanol–water partition coefficient (Wildman–Crippen LogP) is 1.55. The zero-order valence-corrected chi connectivity index (χ0v) is 9.74. The molecule has 1 aromatic heterocycles. The first-order valence-corrected chi connectivity index (χ1v) is 5.17. The van der Waals surface area contributed by atoms with Crippen LogP contribution in [0.4, 0.5) is 5.69 Å². The molecular weight excluding hydrogens is 208 g/mol. The molecule has 0 fully saturated rings. The Morgan fingerprint density at radius 1 is 1.44 bits per heavy atom. The molecule has 0 atom stereocenters. The van der Waals surface area contributed by atoms with Gasteiger partial charge in [-0.25, -0.2) is 9.78 Å². The van der Waals surface area contributed by atoms with Crippen LogP contribution in [0, 0.1) is 6.92 Å². The van der Waals surface area contributed by atoms with Crippen molar-refractivity contribution in [2.75, 3.05) is 18.9 Å². The Morgan fingerprint density at radius 3 is 2.69 bits per heavy atom. The number of carbonyl (C=O) groups is 1. The Kier molecular flexibility index (Phi) is 4.10. The van der Waals surface area contributed by atoms with Crippen LogP contribution in [0.15, 0.2) is 6.07 Å². The molecule has 1 rings (SSSR count). The number of hydrogen-bond donors (Lipinski definition) is 1. The minimum absolute atomic E-state index is 0.116. The van der Waals surface area contributed by atoms with Gasteiger partial charge in [-0.05, 0) is 20.8 Å². The largest absolute Gasteiger partial charge is 0.492 e. The number of rotatable bonds is 4. The molecule has 1 heterocycles. The third-order valence-electron chi connectivity index (χ3n) is 1.92. The highest BCUT2D eigenvalue weighted by atomic mass is 16.5. The number of hydrogen-bond acceptors (Lipinski definition) is 5. The lowest BCUT2D eigenvalue weighted by atomic mass is 10.2. The van der Waals surface area contributed by atoms with E-state index in [1.807, 2.05) is 6.92 Å². The first-order chi connectivity index (χ1) is 7.60. The van der Waals surface area contributed by atoms with Gasteiger partial charge in [0.05, 0.1) is 13.2 Å². The van der Waals surface area contributed by atoms with Gasteiger partial charge in [0.15, 0.2) is 5.69 Å². The molecule has 5 heteroatoms. The van der Waals surface area contributed by atoms with E-state index in [4.69, 9.17) is 15.2 Å². The fraction of sp³-hybridized carbons (Fsp3) is 0.455. The van der Waals surface area contributed by atoms with E-state index in [0.29, 0.717) is 18.1 Å². The summed E-state index contributed by atoms with van der Waals surface area (Å²) in [7, 11) is 0. The number of nitrogen functional groups attached to an aromatic ring is 1. The normalized spacial score (nSPS) is 9.94. The fourth-order valence-electron chi connectivity index (χ4n) is 1.28. The van der Waals surface area contributed by atoms with Crippen molar-refractivity contribution in [3.05, 3.63) is 17.5 Å². The van der Waals surface area contributed by atoms with Crippen molar-refractivity contribution >= 4 is 11.7 Å². The molecule has 16 heavy (non-hydrogen) atoms. The third-order valence-corrected chi connectivity index (χ3v) is 1.92. The summed E-state index contributed by atoms with van der Waals surface area (Å²) in [6.07, 6.45) is 0. The van der Waals surface area contributed by atoms with Gasteiger partial charge < -0.3 is 15.2 Å². The summed E-state index contributed by atoms with van der Waals surface area (Å²) < 4.78 is 10.2. The average Bonchev–Trinajstić information content (AvgIpc) is 2.23. The zero-order chi connectivity index (χ0) is 12.1. The van der Waals surface area contributed by atoms with Crippen molar-refractivity contribution in [2.24, 2.45) is 0 Å². The zero-order valence-electron chi connectivity index (χ0n) is 9.74. The molecule has 5 nitrogen and oxygen atoms in total. The van der Waals surface area contributed by atoms with E-state index in [9.17, 15) is 4.79 Å². The maximum atomic E-state index is 11.6. The van der Waals surface area contributed by atoms with Gasteiger partial charge in [0, 0.05) is 11.8 Å². The lowest BCUT2D eigenvalue weighted by molar-refractivity contribution is 0.0520. The van der Waals surface area contributed by atoms with Crippen LogP contribution in [0.25, 0.3) is 0 Å². The number of nitrogens with two attached hydrogens (primary N) is 1. The minimum Gasteiger partial charge on any atom is -0.492 e. The number of anilines is 1. The van der Waals surface area contributed by atoms with E-state index in [-0.39, 0.29) is 18.0 Å². The molecule has 1 aromatic rings. The molecule has 2 N–H and O–H groups in total. The molecule has 0 aliphatic heterocycles. The predicted molar refractivity (Wildman–Crippen MR) is 60.5 cm³/mol. The summed E-state index contributed by atoms with van der Waals surface area (Å²) in [5.41, 5.74) is 6.79. The lowest BCUT2D eigenvalue weighted by Gasteiger charge is -2.11. The van der Waals surface area contributed by atoms with Crippen LogP contribution < -0.4 is 10.5 Å². The average molecular weight is 224 g/mol. The van der Waals surface area contributed by atoms with Crippen molar-refractivity contribution in [3.63, 3.8) is 0 Å². The topological polar surface area (TPSA) is 74.4 Å². The first-order valence-electron chi connectivity index (χ1n) is 5.17. The summed E-state index contributed by atoms with van der Waals surface area (Å²) in [6, 6.07) is 1.70. The van der Waals surface area contributed by atoms with E-state index in [0.717, 1.165) is 0 Å². The maximum Gasteiger partial charge on any atom is 0.359 e. The molecule has 0 radical (unpaired) electrons. The standard InChI is InChI=1S/C11H16N2O3/c1-4-15-8-6-7(3)13-10(9(8)12)11(14)16-5-2/h6H,4-5,12H2,1-3H3. The van der Waals surface area contributed by atoms with Crippen molar-refractivity contribution < 1.29 is 14.3 Å². The van der Waals surface area contributed by atoms with Crippen LogP contribution in [0.5, 0.6) is 5.75 Å². The molecule has 0 aliphatic carbocycles. The highest BCUT2D eigenvalue weighted by molar-refractivity contribution is 5.94. The number of aryl methyl sites for hydroxylation is 1. The van der Waals surface area contributed by atoms with Crippen LogP contribution in [-0.4, -0.2) is 24.2 Å². The SMILES string of the molecule is CCOC(=O)c1nc(C)cc(OCC)c1N. The Balaban J connectivity index is 3.13. The second-order valence-corrected chi connectivity index (χ2v) is 3.18. The molecule has 0 spiro atoms. The van der Waals surface area contributed by atoms with Crippen LogP contribution >= 0.6 is 0 Å². The van der Waals surface area contributed by atoms with Gasteiger partial charge in [-0.15, -0.1) is 0 Å². The van der Waals surface area contributed by atoms with Gasteiger partial charge in [-0.1, -0.05) is 0 Å². The Hall–Kier alpha value is -1.78.